The lowest BCUT2D eigenvalue weighted by Crippen LogP contribution is -2.43. The summed E-state index contributed by atoms with van der Waals surface area (Å²) in [6.45, 7) is 11.8. The Hall–Kier alpha value is -1.88. The van der Waals surface area contributed by atoms with Crippen LogP contribution in [0.25, 0.3) is 0 Å². The molecule has 3 aliphatic rings. The number of cyclic esters (lactones) is 1. The second-order valence-corrected chi connectivity index (χ2v) is 9.94. The molecule has 0 radical (unpaired) electrons. The van der Waals surface area contributed by atoms with Crippen LogP contribution in [0, 0.1) is 29.1 Å². The van der Waals surface area contributed by atoms with Crippen LogP contribution in [0.1, 0.15) is 59.8 Å². The van der Waals surface area contributed by atoms with Gasteiger partial charge in [0.05, 0.1) is 17.9 Å². The Morgan fingerprint density at radius 2 is 2.07 bits per heavy atom. The van der Waals surface area contributed by atoms with Crippen molar-refractivity contribution in [1.29, 1.82) is 0 Å². The van der Waals surface area contributed by atoms with Crippen molar-refractivity contribution in [3.8, 4) is 0 Å². The highest BCUT2D eigenvalue weighted by Crippen LogP contribution is 2.45. The normalized spacial score (nSPS) is 36.4. The van der Waals surface area contributed by atoms with E-state index in [0.29, 0.717) is 24.7 Å². The quantitative estimate of drug-likeness (QED) is 0.514. The Labute approximate surface area is 180 Å². The lowest BCUT2D eigenvalue weighted by Gasteiger charge is -2.44. The number of carbonyl (C=O) groups is 2. The Kier molecular flexibility index (Phi) is 6.91. The first-order valence-electron chi connectivity index (χ1n) is 11.2. The number of aliphatic hydroxyl groups excluding tert-OH is 1. The van der Waals surface area contributed by atoms with Gasteiger partial charge in [-0.05, 0) is 56.4 Å². The zero-order chi connectivity index (χ0) is 22.1. The van der Waals surface area contributed by atoms with Crippen molar-refractivity contribution in [3.05, 3.63) is 36.5 Å². The number of rotatable bonds is 6. The molecule has 3 rings (SSSR count). The molecule has 7 atom stereocenters. The lowest BCUT2D eigenvalue weighted by atomic mass is 9.65. The zero-order valence-corrected chi connectivity index (χ0v) is 18.7. The van der Waals surface area contributed by atoms with Gasteiger partial charge in [-0.3, -0.25) is 9.59 Å². The smallest absolute Gasteiger partial charge is 0.315 e. The third-order valence-electron chi connectivity index (χ3n) is 6.95. The first kappa shape index (κ1) is 22.8. The van der Waals surface area contributed by atoms with Gasteiger partial charge in [0.1, 0.15) is 12.2 Å². The second kappa shape index (κ2) is 9.09. The summed E-state index contributed by atoms with van der Waals surface area (Å²) in [5.74, 6) is 0.542. The Balaban J connectivity index is 1.77. The zero-order valence-electron chi connectivity index (χ0n) is 18.7. The van der Waals surface area contributed by atoms with Gasteiger partial charge in [0.25, 0.3) is 0 Å². The van der Waals surface area contributed by atoms with E-state index in [1.165, 1.54) is 5.57 Å². The molecule has 1 fully saturated rings. The fraction of sp³-hybridized carbons (Fsp3) is 0.680. The Morgan fingerprint density at radius 1 is 1.33 bits per heavy atom. The summed E-state index contributed by atoms with van der Waals surface area (Å²) in [5, 5.41) is 9.91. The third-order valence-corrected chi connectivity index (χ3v) is 6.95. The summed E-state index contributed by atoms with van der Waals surface area (Å²) >= 11 is 0. The summed E-state index contributed by atoms with van der Waals surface area (Å²) in [4.78, 5) is 24.5. The molecule has 1 N–H and O–H groups in total. The maximum absolute atomic E-state index is 12.8. The van der Waals surface area contributed by atoms with E-state index in [-0.39, 0.29) is 42.4 Å². The fourth-order valence-electron chi connectivity index (χ4n) is 5.01. The molecule has 0 aromatic carbocycles. The van der Waals surface area contributed by atoms with Gasteiger partial charge in [0, 0.05) is 12.3 Å². The molecule has 1 saturated heterocycles. The van der Waals surface area contributed by atoms with Crippen molar-refractivity contribution in [2.24, 2.45) is 29.1 Å². The molecular weight excluding hydrogens is 380 g/mol. The fourth-order valence-corrected chi connectivity index (χ4v) is 5.01. The largest absolute Gasteiger partial charge is 0.462 e. The molecule has 5 heteroatoms. The van der Waals surface area contributed by atoms with Crippen LogP contribution in [0.2, 0.25) is 0 Å². The average molecular weight is 417 g/mol. The van der Waals surface area contributed by atoms with Gasteiger partial charge in [-0.15, -0.1) is 6.58 Å². The molecule has 0 amide bonds. The first-order valence-corrected chi connectivity index (χ1v) is 11.2. The van der Waals surface area contributed by atoms with Crippen molar-refractivity contribution in [2.45, 2.75) is 78.1 Å². The van der Waals surface area contributed by atoms with Gasteiger partial charge in [-0.1, -0.05) is 38.2 Å². The van der Waals surface area contributed by atoms with E-state index < -0.39 is 11.5 Å². The molecular formula is C25H36O5. The summed E-state index contributed by atoms with van der Waals surface area (Å²) in [5.41, 5.74) is 0.523. The van der Waals surface area contributed by atoms with Crippen LogP contribution in [-0.4, -0.2) is 35.4 Å². The molecule has 166 valence electrons. The molecule has 2 aliphatic carbocycles. The van der Waals surface area contributed by atoms with Gasteiger partial charge in [-0.25, -0.2) is 0 Å². The van der Waals surface area contributed by atoms with Gasteiger partial charge in [-0.2, -0.15) is 0 Å². The number of hydrogen-bond acceptors (Lipinski definition) is 5. The lowest BCUT2D eigenvalue weighted by molar-refractivity contribution is -0.163. The van der Waals surface area contributed by atoms with Crippen LogP contribution >= 0.6 is 0 Å². The van der Waals surface area contributed by atoms with Crippen molar-refractivity contribution in [2.75, 3.05) is 0 Å². The maximum atomic E-state index is 12.8. The predicted octanol–water partition coefficient (Wildman–Crippen LogP) is 4.36. The summed E-state index contributed by atoms with van der Waals surface area (Å²) in [6, 6.07) is 0. The molecule has 0 aromatic rings. The van der Waals surface area contributed by atoms with Crippen molar-refractivity contribution in [3.63, 3.8) is 0 Å². The molecule has 0 saturated carbocycles. The topological polar surface area (TPSA) is 72.8 Å². The third kappa shape index (κ3) is 5.05. The standard InChI is InChI=1S/C25H36O5/c1-6-25(4,5)24(28)30-21-12-15(2)11-17-8-7-16(3)20(23(17)21)10-9-19-13-18(26)14-22(27)29-19/h6-8,11,15-16,18-21,23,26H,1,9-10,12-14H2,2-5H3. The minimum Gasteiger partial charge on any atom is -0.462 e. The second-order valence-electron chi connectivity index (χ2n) is 9.94. The van der Waals surface area contributed by atoms with E-state index in [4.69, 9.17) is 9.47 Å². The summed E-state index contributed by atoms with van der Waals surface area (Å²) in [6.07, 6.45) is 10.3. The molecule has 1 aliphatic heterocycles. The Bertz CT molecular complexity index is 734. The number of hydrogen-bond donors (Lipinski definition) is 1. The van der Waals surface area contributed by atoms with E-state index in [1.807, 2.05) is 13.8 Å². The van der Waals surface area contributed by atoms with Crippen molar-refractivity contribution < 1.29 is 24.2 Å². The number of ether oxygens (including phenoxy) is 2. The minimum atomic E-state index is -0.720. The van der Waals surface area contributed by atoms with E-state index in [0.717, 1.165) is 12.8 Å². The average Bonchev–Trinajstić information content (AvgIpc) is 2.66. The van der Waals surface area contributed by atoms with Crippen molar-refractivity contribution >= 4 is 11.9 Å². The van der Waals surface area contributed by atoms with Gasteiger partial charge < -0.3 is 14.6 Å². The van der Waals surface area contributed by atoms with E-state index >= 15 is 0 Å². The molecule has 1 heterocycles. The van der Waals surface area contributed by atoms with Gasteiger partial charge in [0.15, 0.2) is 0 Å². The van der Waals surface area contributed by atoms with Crippen LogP contribution in [0.15, 0.2) is 36.5 Å². The SMILES string of the molecule is C=CC(C)(C)C(=O)OC1CC(C)C=C2C=CC(C)C(CCC3CC(O)CC(=O)O3)C21. The van der Waals surface area contributed by atoms with Crippen LogP contribution < -0.4 is 0 Å². The molecule has 30 heavy (non-hydrogen) atoms. The number of carbonyl (C=O) groups excluding carboxylic acids is 2. The number of allylic oxidation sites excluding steroid dienone is 3. The highest BCUT2D eigenvalue weighted by atomic mass is 16.6. The Morgan fingerprint density at radius 3 is 2.73 bits per heavy atom. The number of fused-ring (bicyclic) bond motifs is 1. The van der Waals surface area contributed by atoms with E-state index in [2.05, 4.69) is 38.7 Å². The number of aliphatic hydroxyl groups is 1. The molecule has 7 unspecified atom stereocenters. The van der Waals surface area contributed by atoms with Crippen LogP contribution in [0.3, 0.4) is 0 Å². The highest BCUT2D eigenvalue weighted by molar-refractivity contribution is 5.78. The molecule has 0 bridgehead atoms. The maximum Gasteiger partial charge on any atom is 0.315 e. The predicted molar refractivity (Wildman–Crippen MR) is 115 cm³/mol. The first-order chi connectivity index (χ1) is 14.1. The summed E-state index contributed by atoms with van der Waals surface area (Å²) in [7, 11) is 0. The van der Waals surface area contributed by atoms with Gasteiger partial charge in [0.2, 0.25) is 0 Å². The monoisotopic (exact) mass is 416 g/mol. The van der Waals surface area contributed by atoms with Crippen LogP contribution in [-0.2, 0) is 19.1 Å². The van der Waals surface area contributed by atoms with E-state index in [9.17, 15) is 14.7 Å². The van der Waals surface area contributed by atoms with Crippen LogP contribution in [0.5, 0.6) is 0 Å². The number of esters is 2. The van der Waals surface area contributed by atoms with Crippen molar-refractivity contribution in [1.82, 2.24) is 0 Å². The van der Waals surface area contributed by atoms with Crippen LogP contribution in [0.4, 0.5) is 0 Å². The summed E-state index contributed by atoms with van der Waals surface area (Å²) < 4.78 is 11.5. The minimum absolute atomic E-state index is 0.0869. The van der Waals surface area contributed by atoms with Gasteiger partial charge >= 0.3 is 11.9 Å². The molecule has 0 spiro atoms. The van der Waals surface area contributed by atoms with E-state index in [1.54, 1.807) is 6.08 Å². The highest BCUT2D eigenvalue weighted by Gasteiger charge is 2.43. The molecule has 5 nitrogen and oxygen atoms in total. The molecule has 0 aromatic heterocycles.